The fourth-order valence-electron chi connectivity index (χ4n) is 2.19. The van der Waals surface area contributed by atoms with Gasteiger partial charge < -0.3 is 10.6 Å². The van der Waals surface area contributed by atoms with Crippen LogP contribution in [0.1, 0.15) is 37.0 Å². The van der Waals surface area contributed by atoms with Gasteiger partial charge in [0.15, 0.2) is 0 Å². The highest BCUT2D eigenvalue weighted by atomic mass is 16.2. The first kappa shape index (κ1) is 15.0. The molecule has 0 spiro atoms. The predicted molar refractivity (Wildman–Crippen MR) is 78.8 cm³/mol. The van der Waals surface area contributed by atoms with E-state index in [0.29, 0.717) is 12.0 Å². The van der Waals surface area contributed by atoms with Crippen LogP contribution in [0, 0.1) is 0 Å². The standard InChI is InChI=1S/C15H19N3O3/c1-9(2)16-11-6-4-3-5-10(11)14(20)17-12-7-8-13(19)18-15(12)21/h3-6,9,12,16H,7-8H2,1-2H3,(H,17,20)(H,18,19,21). The number of imide groups is 1. The molecule has 0 aliphatic carbocycles. The quantitative estimate of drug-likeness (QED) is 0.723. The predicted octanol–water partition coefficient (Wildman–Crippen LogP) is 1.04. The summed E-state index contributed by atoms with van der Waals surface area (Å²) in [5, 5.41) is 8.09. The van der Waals surface area contributed by atoms with Gasteiger partial charge in [0.25, 0.3) is 5.91 Å². The fraction of sp³-hybridized carbons (Fsp3) is 0.400. The van der Waals surface area contributed by atoms with Gasteiger partial charge in [-0.1, -0.05) is 12.1 Å². The Morgan fingerprint density at radius 3 is 2.67 bits per heavy atom. The normalized spacial score (nSPS) is 18.3. The summed E-state index contributed by atoms with van der Waals surface area (Å²) in [5.41, 5.74) is 1.20. The van der Waals surface area contributed by atoms with Crippen LogP contribution in [0.2, 0.25) is 0 Å². The molecule has 1 saturated heterocycles. The van der Waals surface area contributed by atoms with Crippen molar-refractivity contribution in [3.05, 3.63) is 29.8 Å². The SMILES string of the molecule is CC(C)Nc1ccccc1C(=O)NC1CCC(=O)NC1=O. The zero-order chi connectivity index (χ0) is 15.4. The van der Waals surface area contributed by atoms with E-state index in [-0.39, 0.29) is 24.3 Å². The zero-order valence-electron chi connectivity index (χ0n) is 12.1. The number of benzene rings is 1. The second-order valence-corrected chi connectivity index (χ2v) is 5.32. The number of anilines is 1. The van der Waals surface area contributed by atoms with Crippen molar-refractivity contribution in [2.75, 3.05) is 5.32 Å². The van der Waals surface area contributed by atoms with Crippen molar-refractivity contribution in [2.45, 2.75) is 38.8 Å². The van der Waals surface area contributed by atoms with Gasteiger partial charge in [-0.05, 0) is 32.4 Å². The molecular formula is C15H19N3O3. The Kier molecular flexibility index (Phi) is 4.57. The van der Waals surface area contributed by atoms with Crippen LogP contribution in [0.25, 0.3) is 0 Å². The molecule has 112 valence electrons. The second kappa shape index (κ2) is 6.39. The lowest BCUT2D eigenvalue weighted by Crippen LogP contribution is -2.52. The number of rotatable bonds is 4. The molecule has 1 aromatic carbocycles. The molecule has 3 N–H and O–H groups in total. The van der Waals surface area contributed by atoms with Crippen LogP contribution < -0.4 is 16.0 Å². The maximum absolute atomic E-state index is 12.3. The highest BCUT2D eigenvalue weighted by molar-refractivity contribution is 6.05. The van der Waals surface area contributed by atoms with E-state index in [4.69, 9.17) is 0 Å². The molecule has 1 unspecified atom stereocenters. The zero-order valence-corrected chi connectivity index (χ0v) is 12.1. The van der Waals surface area contributed by atoms with Crippen LogP contribution in [0.4, 0.5) is 5.69 Å². The smallest absolute Gasteiger partial charge is 0.254 e. The summed E-state index contributed by atoms with van der Waals surface area (Å²) in [6, 6.07) is 6.65. The average Bonchev–Trinajstić information content (AvgIpc) is 2.42. The fourth-order valence-corrected chi connectivity index (χ4v) is 2.19. The van der Waals surface area contributed by atoms with Crippen molar-refractivity contribution in [1.82, 2.24) is 10.6 Å². The van der Waals surface area contributed by atoms with E-state index >= 15 is 0 Å². The van der Waals surface area contributed by atoms with Crippen molar-refractivity contribution >= 4 is 23.4 Å². The van der Waals surface area contributed by atoms with Gasteiger partial charge in [0, 0.05) is 18.2 Å². The molecule has 6 nitrogen and oxygen atoms in total. The molecule has 1 heterocycles. The molecule has 1 atom stereocenters. The number of hydrogen-bond acceptors (Lipinski definition) is 4. The third kappa shape index (κ3) is 3.81. The lowest BCUT2D eigenvalue weighted by molar-refractivity contribution is -0.134. The van der Waals surface area contributed by atoms with E-state index in [1.807, 2.05) is 26.0 Å². The second-order valence-electron chi connectivity index (χ2n) is 5.32. The molecule has 0 radical (unpaired) electrons. The topological polar surface area (TPSA) is 87.3 Å². The van der Waals surface area contributed by atoms with E-state index in [2.05, 4.69) is 16.0 Å². The minimum Gasteiger partial charge on any atom is -0.382 e. The maximum Gasteiger partial charge on any atom is 0.254 e. The molecule has 1 aliphatic heterocycles. The Labute approximate surface area is 123 Å². The monoisotopic (exact) mass is 289 g/mol. The number of para-hydroxylation sites is 1. The molecule has 1 aliphatic rings. The van der Waals surface area contributed by atoms with E-state index in [1.165, 1.54) is 0 Å². The van der Waals surface area contributed by atoms with Gasteiger partial charge in [-0.2, -0.15) is 0 Å². The van der Waals surface area contributed by atoms with Crippen LogP contribution in [0.3, 0.4) is 0 Å². The molecule has 21 heavy (non-hydrogen) atoms. The van der Waals surface area contributed by atoms with E-state index in [1.54, 1.807) is 12.1 Å². The van der Waals surface area contributed by atoms with Crippen molar-refractivity contribution in [3.8, 4) is 0 Å². The van der Waals surface area contributed by atoms with Gasteiger partial charge >= 0.3 is 0 Å². The lowest BCUT2D eigenvalue weighted by atomic mass is 10.0. The first-order valence-corrected chi connectivity index (χ1v) is 6.97. The molecule has 0 aromatic heterocycles. The first-order valence-electron chi connectivity index (χ1n) is 6.97. The Morgan fingerprint density at radius 1 is 1.29 bits per heavy atom. The maximum atomic E-state index is 12.3. The van der Waals surface area contributed by atoms with Gasteiger partial charge in [-0.3, -0.25) is 19.7 Å². The summed E-state index contributed by atoms with van der Waals surface area (Å²) < 4.78 is 0. The minimum absolute atomic E-state index is 0.189. The summed E-state index contributed by atoms with van der Waals surface area (Å²) in [7, 11) is 0. The number of hydrogen-bond donors (Lipinski definition) is 3. The number of nitrogens with one attached hydrogen (secondary N) is 3. The molecule has 0 bridgehead atoms. The summed E-state index contributed by atoms with van der Waals surface area (Å²) in [6.07, 6.45) is 0.568. The van der Waals surface area contributed by atoms with Crippen LogP contribution in [-0.4, -0.2) is 29.8 Å². The highest BCUT2D eigenvalue weighted by Gasteiger charge is 2.28. The van der Waals surface area contributed by atoms with Crippen LogP contribution in [0.5, 0.6) is 0 Å². The Bertz CT molecular complexity index is 569. The van der Waals surface area contributed by atoms with Gasteiger partial charge in [-0.15, -0.1) is 0 Å². The number of carbonyl (C=O) groups is 3. The number of amides is 3. The summed E-state index contributed by atoms with van der Waals surface area (Å²) in [5.74, 6) is -1.07. The Morgan fingerprint density at radius 2 is 2.00 bits per heavy atom. The number of piperidine rings is 1. The minimum atomic E-state index is -0.665. The Balaban J connectivity index is 2.10. The summed E-state index contributed by atoms with van der Waals surface area (Å²) >= 11 is 0. The Hall–Kier alpha value is -2.37. The summed E-state index contributed by atoms with van der Waals surface area (Å²) in [4.78, 5) is 35.1. The van der Waals surface area contributed by atoms with Gasteiger partial charge in [0.05, 0.1) is 5.56 Å². The first-order chi connectivity index (χ1) is 9.97. The number of carbonyl (C=O) groups excluding carboxylic acids is 3. The average molecular weight is 289 g/mol. The van der Waals surface area contributed by atoms with E-state index < -0.39 is 11.9 Å². The third-order valence-corrected chi connectivity index (χ3v) is 3.16. The van der Waals surface area contributed by atoms with Gasteiger partial charge in [-0.25, -0.2) is 0 Å². The van der Waals surface area contributed by atoms with Crippen LogP contribution in [0.15, 0.2) is 24.3 Å². The summed E-state index contributed by atoms with van der Waals surface area (Å²) in [6.45, 7) is 3.96. The molecule has 3 amide bonds. The molecule has 0 saturated carbocycles. The third-order valence-electron chi connectivity index (χ3n) is 3.16. The highest BCUT2D eigenvalue weighted by Crippen LogP contribution is 2.17. The van der Waals surface area contributed by atoms with Crippen LogP contribution in [-0.2, 0) is 9.59 Å². The lowest BCUT2D eigenvalue weighted by Gasteiger charge is -2.22. The van der Waals surface area contributed by atoms with Crippen LogP contribution >= 0.6 is 0 Å². The van der Waals surface area contributed by atoms with Crippen molar-refractivity contribution in [2.24, 2.45) is 0 Å². The van der Waals surface area contributed by atoms with E-state index in [9.17, 15) is 14.4 Å². The molecular weight excluding hydrogens is 270 g/mol. The van der Waals surface area contributed by atoms with Crippen molar-refractivity contribution < 1.29 is 14.4 Å². The largest absolute Gasteiger partial charge is 0.382 e. The van der Waals surface area contributed by atoms with E-state index in [0.717, 1.165) is 5.69 Å². The molecule has 2 rings (SSSR count). The van der Waals surface area contributed by atoms with Gasteiger partial charge in [0.2, 0.25) is 11.8 Å². The molecule has 6 heteroatoms. The molecule has 1 fully saturated rings. The van der Waals surface area contributed by atoms with Crippen molar-refractivity contribution in [3.63, 3.8) is 0 Å². The van der Waals surface area contributed by atoms with Gasteiger partial charge in [0.1, 0.15) is 6.04 Å². The molecule has 1 aromatic rings. The van der Waals surface area contributed by atoms with Crippen molar-refractivity contribution in [1.29, 1.82) is 0 Å².